The Morgan fingerprint density at radius 2 is 2.10 bits per heavy atom. The molecule has 0 fully saturated rings. The lowest BCUT2D eigenvalue weighted by atomic mass is 9.98. The highest BCUT2D eigenvalue weighted by atomic mass is 35.5. The van der Waals surface area contributed by atoms with Crippen molar-refractivity contribution in [1.29, 1.82) is 0 Å². The molecule has 2 aromatic heterocycles. The third-order valence-corrected chi connectivity index (χ3v) is 6.13. The van der Waals surface area contributed by atoms with Crippen LogP contribution >= 0.6 is 23.4 Å². The van der Waals surface area contributed by atoms with Gasteiger partial charge in [-0.1, -0.05) is 23.7 Å². The molecule has 1 aliphatic rings. The molecule has 0 aliphatic carbocycles. The van der Waals surface area contributed by atoms with Gasteiger partial charge in [-0.05, 0) is 42.3 Å². The second kappa shape index (κ2) is 7.96. The molecule has 0 spiro atoms. The monoisotopic (exact) mass is 452 g/mol. The van der Waals surface area contributed by atoms with Crippen molar-refractivity contribution in [2.45, 2.75) is 24.9 Å². The van der Waals surface area contributed by atoms with Gasteiger partial charge in [0, 0.05) is 16.8 Å². The van der Waals surface area contributed by atoms with E-state index in [0.29, 0.717) is 22.0 Å². The minimum Gasteiger partial charge on any atom is -0.310 e. The van der Waals surface area contributed by atoms with Crippen LogP contribution in [0, 0.1) is 6.92 Å². The summed E-state index contributed by atoms with van der Waals surface area (Å²) in [7, 11) is 0. The van der Waals surface area contributed by atoms with E-state index in [1.807, 2.05) is 13.0 Å². The molecule has 3 heterocycles. The normalized spacial score (nSPS) is 16.7. The number of nitrogens with zero attached hydrogens (tertiary/aromatic N) is 3. The van der Waals surface area contributed by atoms with Crippen molar-refractivity contribution in [2.24, 2.45) is 0 Å². The minimum atomic E-state index is -4.50. The minimum absolute atomic E-state index is 0.0438. The number of aromatic nitrogens is 3. The summed E-state index contributed by atoms with van der Waals surface area (Å²) >= 11 is 7.42. The number of thioether (sulfide) groups is 1. The summed E-state index contributed by atoms with van der Waals surface area (Å²) in [6.45, 7) is 0.557. The SMILES string of the molecule is Cc1cc(Cl)ccc1C1SCC(=O)Nc2c1c(-c1ccccn1)nn2CC(F)(F)F. The van der Waals surface area contributed by atoms with Gasteiger partial charge in [0.05, 0.1) is 16.7 Å². The Bertz CT molecular complexity index is 1100. The molecule has 0 bridgehead atoms. The summed E-state index contributed by atoms with van der Waals surface area (Å²) in [5.41, 5.74) is 2.97. The number of alkyl halides is 3. The summed E-state index contributed by atoms with van der Waals surface area (Å²) in [4.78, 5) is 16.6. The molecule has 4 rings (SSSR count). The zero-order valence-electron chi connectivity index (χ0n) is 15.7. The Morgan fingerprint density at radius 1 is 1.30 bits per heavy atom. The number of hydrogen-bond acceptors (Lipinski definition) is 4. The predicted molar refractivity (Wildman–Crippen MR) is 111 cm³/mol. The van der Waals surface area contributed by atoms with E-state index < -0.39 is 18.0 Å². The molecule has 0 saturated heterocycles. The van der Waals surface area contributed by atoms with E-state index in [-0.39, 0.29) is 17.5 Å². The molecule has 10 heteroatoms. The van der Waals surface area contributed by atoms with Gasteiger partial charge in [0.25, 0.3) is 0 Å². The van der Waals surface area contributed by atoms with Crippen LogP contribution in [0.4, 0.5) is 19.0 Å². The lowest BCUT2D eigenvalue weighted by Crippen LogP contribution is -2.22. The quantitative estimate of drug-likeness (QED) is 0.590. The topological polar surface area (TPSA) is 59.8 Å². The van der Waals surface area contributed by atoms with Gasteiger partial charge < -0.3 is 5.32 Å². The number of anilines is 1. The molecular formula is C20H16ClF3N4OS. The van der Waals surface area contributed by atoms with Crippen molar-refractivity contribution in [3.05, 3.63) is 64.3 Å². The molecule has 0 saturated carbocycles. The van der Waals surface area contributed by atoms with Gasteiger partial charge in [-0.25, -0.2) is 4.68 Å². The van der Waals surface area contributed by atoms with Crippen LogP contribution in [0.5, 0.6) is 0 Å². The van der Waals surface area contributed by atoms with Crippen LogP contribution in [0.1, 0.15) is 21.9 Å². The highest BCUT2D eigenvalue weighted by Crippen LogP contribution is 2.47. The maximum Gasteiger partial charge on any atom is 0.408 e. The first kappa shape index (κ1) is 20.7. The molecule has 156 valence electrons. The summed E-state index contributed by atoms with van der Waals surface area (Å²) in [6, 6.07) is 10.5. The molecule has 1 amide bonds. The molecule has 3 aromatic rings. The first-order chi connectivity index (χ1) is 14.2. The molecule has 1 N–H and O–H groups in total. The number of amides is 1. The van der Waals surface area contributed by atoms with Gasteiger partial charge in [0.15, 0.2) is 0 Å². The van der Waals surface area contributed by atoms with Gasteiger partial charge >= 0.3 is 6.18 Å². The van der Waals surface area contributed by atoms with E-state index in [1.165, 1.54) is 11.8 Å². The van der Waals surface area contributed by atoms with E-state index in [9.17, 15) is 18.0 Å². The number of pyridine rings is 1. The highest BCUT2D eigenvalue weighted by Gasteiger charge is 2.37. The van der Waals surface area contributed by atoms with Crippen LogP contribution in [0.3, 0.4) is 0 Å². The standard InChI is InChI=1S/C20H16ClF3N4OS/c1-11-8-12(21)5-6-13(11)18-16-17(14-4-2-3-7-25-14)27-28(10-20(22,23)24)19(16)26-15(29)9-30-18/h2-8,18H,9-10H2,1H3,(H,26,29). The van der Waals surface area contributed by atoms with Crippen LogP contribution in [0.25, 0.3) is 11.4 Å². The molecule has 30 heavy (non-hydrogen) atoms. The molecule has 1 unspecified atom stereocenters. The van der Waals surface area contributed by atoms with Gasteiger partial charge in [0.2, 0.25) is 5.91 Å². The summed E-state index contributed by atoms with van der Waals surface area (Å²) < 4.78 is 40.5. The fraction of sp³-hybridized carbons (Fsp3) is 0.250. The molecular weight excluding hydrogens is 437 g/mol. The average Bonchev–Trinajstić information content (AvgIpc) is 2.90. The number of aryl methyl sites for hydroxylation is 1. The molecule has 1 aromatic carbocycles. The average molecular weight is 453 g/mol. The van der Waals surface area contributed by atoms with Gasteiger partial charge in [-0.3, -0.25) is 9.78 Å². The number of benzene rings is 1. The van der Waals surface area contributed by atoms with E-state index >= 15 is 0 Å². The Hall–Kier alpha value is -2.52. The van der Waals surface area contributed by atoms with E-state index in [1.54, 1.807) is 36.5 Å². The summed E-state index contributed by atoms with van der Waals surface area (Å²) in [5.74, 6) is -0.247. The molecule has 5 nitrogen and oxygen atoms in total. The van der Waals surface area contributed by atoms with Crippen LogP contribution < -0.4 is 5.32 Å². The smallest absolute Gasteiger partial charge is 0.310 e. The number of halogens is 4. The number of fused-ring (bicyclic) bond motifs is 1. The first-order valence-corrected chi connectivity index (χ1v) is 10.4. The number of nitrogens with one attached hydrogen (secondary N) is 1. The van der Waals surface area contributed by atoms with Crippen molar-refractivity contribution in [1.82, 2.24) is 14.8 Å². The second-order valence-electron chi connectivity index (χ2n) is 6.84. The fourth-order valence-corrected chi connectivity index (χ4v) is 4.87. The molecule has 1 aliphatic heterocycles. The highest BCUT2D eigenvalue weighted by molar-refractivity contribution is 8.00. The van der Waals surface area contributed by atoms with Crippen molar-refractivity contribution in [3.63, 3.8) is 0 Å². The predicted octanol–water partition coefficient (Wildman–Crippen LogP) is 5.24. The molecule has 1 atom stereocenters. The number of rotatable bonds is 3. The Labute approximate surface area is 179 Å². The van der Waals surface area contributed by atoms with Gasteiger partial charge in [-0.2, -0.15) is 18.3 Å². The number of hydrogen-bond donors (Lipinski definition) is 1. The summed E-state index contributed by atoms with van der Waals surface area (Å²) in [6.07, 6.45) is -2.95. The Balaban J connectivity index is 1.97. The molecule has 0 radical (unpaired) electrons. The van der Waals surface area contributed by atoms with E-state index in [4.69, 9.17) is 11.6 Å². The zero-order valence-corrected chi connectivity index (χ0v) is 17.3. The van der Waals surface area contributed by atoms with E-state index in [2.05, 4.69) is 15.4 Å². The summed E-state index contributed by atoms with van der Waals surface area (Å²) in [5, 5.41) is 6.98. The lowest BCUT2D eigenvalue weighted by Gasteiger charge is -2.18. The van der Waals surface area contributed by atoms with Crippen molar-refractivity contribution in [3.8, 4) is 11.4 Å². The number of carbonyl (C=O) groups is 1. The Morgan fingerprint density at radius 3 is 2.77 bits per heavy atom. The van der Waals surface area contributed by atoms with Crippen molar-refractivity contribution < 1.29 is 18.0 Å². The third-order valence-electron chi connectivity index (χ3n) is 4.64. The van der Waals surface area contributed by atoms with Crippen molar-refractivity contribution >= 4 is 35.1 Å². The third kappa shape index (κ3) is 4.17. The van der Waals surface area contributed by atoms with Crippen LogP contribution in [0.2, 0.25) is 5.02 Å². The Kier molecular flexibility index (Phi) is 5.50. The lowest BCUT2D eigenvalue weighted by molar-refractivity contribution is -0.142. The maximum absolute atomic E-state index is 13.2. The zero-order chi connectivity index (χ0) is 21.5. The van der Waals surface area contributed by atoms with Crippen molar-refractivity contribution in [2.75, 3.05) is 11.1 Å². The van der Waals surface area contributed by atoms with Gasteiger partial charge in [0.1, 0.15) is 18.1 Å². The van der Waals surface area contributed by atoms with E-state index in [0.717, 1.165) is 15.8 Å². The number of carbonyl (C=O) groups excluding carboxylic acids is 1. The maximum atomic E-state index is 13.2. The second-order valence-corrected chi connectivity index (χ2v) is 8.37. The fourth-order valence-electron chi connectivity index (χ4n) is 3.42. The van der Waals surface area contributed by atoms with Gasteiger partial charge in [-0.15, -0.1) is 11.8 Å². The van der Waals surface area contributed by atoms with Crippen LogP contribution in [-0.4, -0.2) is 32.6 Å². The van der Waals surface area contributed by atoms with Crippen LogP contribution in [0.15, 0.2) is 42.6 Å². The largest absolute Gasteiger partial charge is 0.408 e. The van der Waals surface area contributed by atoms with Crippen LogP contribution in [-0.2, 0) is 11.3 Å². The first-order valence-electron chi connectivity index (χ1n) is 8.99.